The number of rotatable bonds is 6. The Morgan fingerprint density at radius 2 is 1.71 bits per heavy atom. The molecular formula is C22H21N3O3. The number of amides is 2. The van der Waals surface area contributed by atoms with E-state index in [2.05, 4.69) is 10.6 Å². The number of hydrogen-bond acceptors (Lipinski definition) is 3. The summed E-state index contributed by atoms with van der Waals surface area (Å²) in [6, 6.07) is 19.2. The Morgan fingerprint density at radius 1 is 0.929 bits per heavy atom. The molecule has 2 aromatic carbocycles. The van der Waals surface area contributed by atoms with E-state index in [-0.39, 0.29) is 30.3 Å². The van der Waals surface area contributed by atoms with E-state index in [1.54, 1.807) is 42.6 Å². The topological polar surface area (TPSA) is 80.2 Å². The van der Waals surface area contributed by atoms with Crippen LogP contribution in [-0.4, -0.2) is 16.4 Å². The maximum Gasteiger partial charge on any atom is 0.257 e. The van der Waals surface area contributed by atoms with Crippen LogP contribution < -0.4 is 16.2 Å². The van der Waals surface area contributed by atoms with Gasteiger partial charge in [0.05, 0.1) is 11.3 Å². The number of nitrogens with one attached hydrogen (secondary N) is 2. The van der Waals surface area contributed by atoms with Gasteiger partial charge in [-0.05, 0) is 42.8 Å². The van der Waals surface area contributed by atoms with E-state index in [0.29, 0.717) is 16.9 Å². The first-order valence-corrected chi connectivity index (χ1v) is 8.95. The fourth-order valence-electron chi connectivity index (χ4n) is 2.79. The van der Waals surface area contributed by atoms with Crippen molar-refractivity contribution in [3.05, 3.63) is 94.4 Å². The minimum Gasteiger partial charge on any atom is -0.325 e. The molecule has 3 rings (SSSR count). The number of hydrogen-bond donors (Lipinski definition) is 2. The van der Waals surface area contributed by atoms with Crippen molar-refractivity contribution < 1.29 is 9.59 Å². The van der Waals surface area contributed by atoms with E-state index < -0.39 is 0 Å². The molecule has 0 fully saturated rings. The van der Waals surface area contributed by atoms with Crippen LogP contribution >= 0.6 is 0 Å². The highest BCUT2D eigenvalue weighted by atomic mass is 16.2. The van der Waals surface area contributed by atoms with Crippen molar-refractivity contribution in [1.29, 1.82) is 0 Å². The van der Waals surface area contributed by atoms with Crippen LogP contribution in [0.5, 0.6) is 0 Å². The summed E-state index contributed by atoms with van der Waals surface area (Å²) in [5.74, 6) is -0.577. The van der Waals surface area contributed by atoms with Crippen molar-refractivity contribution in [1.82, 2.24) is 4.57 Å². The molecule has 0 aliphatic carbocycles. The first kappa shape index (κ1) is 19.1. The lowest BCUT2D eigenvalue weighted by molar-refractivity contribution is -0.116. The zero-order valence-electron chi connectivity index (χ0n) is 15.5. The molecule has 0 spiro atoms. The first-order chi connectivity index (χ1) is 13.5. The van der Waals surface area contributed by atoms with Gasteiger partial charge in [-0.25, -0.2) is 0 Å². The van der Waals surface area contributed by atoms with Crippen molar-refractivity contribution in [2.24, 2.45) is 0 Å². The molecular weight excluding hydrogens is 354 g/mol. The first-order valence-electron chi connectivity index (χ1n) is 8.95. The fraction of sp³-hybridized carbons (Fsp3) is 0.136. The zero-order chi connectivity index (χ0) is 19.9. The van der Waals surface area contributed by atoms with E-state index in [1.807, 2.05) is 31.2 Å². The molecule has 142 valence electrons. The molecule has 2 N–H and O–H groups in total. The second kappa shape index (κ2) is 8.81. The van der Waals surface area contributed by atoms with E-state index in [9.17, 15) is 14.4 Å². The average Bonchev–Trinajstić information content (AvgIpc) is 2.68. The number of benzene rings is 2. The van der Waals surface area contributed by atoms with Gasteiger partial charge >= 0.3 is 0 Å². The Hall–Kier alpha value is -3.67. The van der Waals surface area contributed by atoms with Gasteiger partial charge in [0, 0.05) is 30.9 Å². The van der Waals surface area contributed by atoms with Crippen LogP contribution in [0.2, 0.25) is 0 Å². The average molecular weight is 375 g/mol. The summed E-state index contributed by atoms with van der Waals surface area (Å²) in [6.45, 7) is 2.21. The predicted octanol–water partition coefficient (Wildman–Crippen LogP) is 3.44. The number of pyridine rings is 1. The highest BCUT2D eigenvalue weighted by Crippen LogP contribution is 2.18. The fourth-order valence-corrected chi connectivity index (χ4v) is 2.79. The van der Waals surface area contributed by atoms with Crippen molar-refractivity contribution in [3.8, 4) is 0 Å². The van der Waals surface area contributed by atoms with E-state index >= 15 is 0 Å². The van der Waals surface area contributed by atoms with Crippen LogP contribution in [0.15, 0.2) is 77.7 Å². The standard InChI is InChI=1S/C22H21N3O3/c1-16-7-6-8-17(15-16)23-22(28)18-9-2-3-10-19(18)24-20(26)12-14-25-13-5-4-11-21(25)27/h2-11,13,15H,12,14H2,1H3,(H,23,28)(H,24,26). The molecule has 1 aromatic heterocycles. The summed E-state index contributed by atoms with van der Waals surface area (Å²) in [6.07, 6.45) is 1.76. The molecule has 0 atom stereocenters. The Bertz CT molecular complexity index is 1060. The molecule has 2 amide bonds. The van der Waals surface area contributed by atoms with Gasteiger partial charge in [-0.2, -0.15) is 0 Å². The number of anilines is 2. The Kier molecular flexibility index (Phi) is 6.01. The summed E-state index contributed by atoms with van der Waals surface area (Å²) < 4.78 is 1.47. The molecule has 1 heterocycles. The lowest BCUT2D eigenvalue weighted by Gasteiger charge is -2.12. The largest absolute Gasteiger partial charge is 0.325 e. The van der Waals surface area contributed by atoms with Crippen LogP contribution in [0.1, 0.15) is 22.3 Å². The number of nitrogens with zero attached hydrogens (tertiary/aromatic N) is 1. The summed E-state index contributed by atoms with van der Waals surface area (Å²) in [5, 5.41) is 5.61. The second-order valence-corrected chi connectivity index (χ2v) is 6.40. The predicted molar refractivity (Wildman–Crippen MR) is 110 cm³/mol. The van der Waals surface area contributed by atoms with Crippen LogP contribution in [0.4, 0.5) is 11.4 Å². The molecule has 6 nitrogen and oxygen atoms in total. The van der Waals surface area contributed by atoms with Crippen LogP contribution in [0, 0.1) is 6.92 Å². The van der Waals surface area contributed by atoms with Gasteiger partial charge in [0.25, 0.3) is 11.5 Å². The van der Waals surface area contributed by atoms with Crippen LogP contribution in [-0.2, 0) is 11.3 Å². The van der Waals surface area contributed by atoms with Gasteiger partial charge in [0.2, 0.25) is 5.91 Å². The number of aryl methyl sites for hydroxylation is 2. The van der Waals surface area contributed by atoms with Crippen LogP contribution in [0.25, 0.3) is 0 Å². The second-order valence-electron chi connectivity index (χ2n) is 6.40. The van der Waals surface area contributed by atoms with Crippen molar-refractivity contribution >= 4 is 23.2 Å². The summed E-state index contributed by atoms with van der Waals surface area (Å²) in [5.41, 5.74) is 2.37. The molecule has 0 saturated carbocycles. The minimum absolute atomic E-state index is 0.123. The molecule has 0 aliphatic heterocycles. The smallest absolute Gasteiger partial charge is 0.257 e. The third-order valence-electron chi connectivity index (χ3n) is 4.20. The summed E-state index contributed by atoms with van der Waals surface area (Å²) >= 11 is 0. The normalized spacial score (nSPS) is 10.3. The van der Waals surface area contributed by atoms with Crippen LogP contribution in [0.3, 0.4) is 0 Å². The monoisotopic (exact) mass is 375 g/mol. The number of para-hydroxylation sites is 1. The number of aromatic nitrogens is 1. The number of carbonyl (C=O) groups excluding carboxylic acids is 2. The van der Waals surface area contributed by atoms with Gasteiger partial charge in [-0.1, -0.05) is 30.3 Å². The summed E-state index contributed by atoms with van der Waals surface area (Å²) in [4.78, 5) is 36.7. The highest BCUT2D eigenvalue weighted by molar-refractivity contribution is 6.10. The third-order valence-corrected chi connectivity index (χ3v) is 4.20. The SMILES string of the molecule is Cc1cccc(NC(=O)c2ccccc2NC(=O)CCn2ccccc2=O)c1. The molecule has 0 saturated heterocycles. The van der Waals surface area contributed by atoms with Gasteiger partial charge in [-0.3, -0.25) is 14.4 Å². The molecule has 28 heavy (non-hydrogen) atoms. The quantitative estimate of drug-likeness (QED) is 0.693. The minimum atomic E-state index is -0.305. The van der Waals surface area contributed by atoms with Gasteiger partial charge in [0.1, 0.15) is 0 Å². The van der Waals surface area contributed by atoms with E-state index in [4.69, 9.17) is 0 Å². The zero-order valence-corrected chi connectivity index (χ0v) is 15.5. The van der Waals surface area contributed by atoms with Crippen molar-refractivity contribution in [2.75, 3.05) is 10.6 Å². The summed E-state index contributed by atoms with van der Waals surface area (Å²) in [7, 11) is 0. The lowest BCUT2D eigenvalue weighted by Crippen LogP contribution is -2.23. The lowest BCUT2D eigenvalue weighted by atomic mass is 10.1. The molecule has 0 bridgehead atoms. The van der Waals surface area contributed by atoms with Crippen molar-refractivity contribution in [2.45, 2.75) is 19.9 Å². The molecule has 0 unspecified atom stereocenters. The van der Waals surface area contributed by atoms with Gasteiger partial charge < -0.3 is 15.2 Å². The Balaban J connectivity index is 1.67. The Morgan fingerprint density at radius 3 is 2.50 bits per heavy atom. The molecule has 6 heteroatoms. The van der Waals surface area contributed by atoms with E-state index in [0.717, 1.165) is 5.56 Å². The maximum absolute atomic E-state index is 12.6. The molecule has 3 aromatic rings. The molecule has 0 radical (unpaired) electrons. The van der Waals surface area contributed by atoms with E-state index in [1.165, 1.54) is 10.6 Å². The van der Waals surface area contributed by atoms with Gasteiger partial charge in [0.15, 0.2) is 0 Å². The van der Waals surface area contributed by atoms with Gasteiger partial charge in [-0.15, -0.1) is 0 Å². The molecule has 0 aliphatic rings. The van der Waals surface area contributed by atoms with Crippen molar-refractivity contribution in [3.63, 3.8) is 0 Å². The number of carbonyl (C=O) groups is 2. The Labute approximate surface area is 162 Å². The third kappa shape index (κ3) is 4.94. The highest BCUT2D eigenvalue weighted by Gasteiger charge is 2.13. The maximum atomic E-state index is 12.6.